The monoisotopic (exact) mass is 395 g/mol. The van der Waals surface area contributed by atoms with Crippen LogP contribution in [0.25, 0.3) is 0 Å². The number of unbranched alkanes of at least 4 members (excludes halogenated alkanes) is 18. The maximum absolute atomic E-state index is 5.87. The van der Waals surface area contributed by atoms with Gasteiger partial charge in [-0.15, -0.1) is 0 Å². The number of hydrogen-bond acceptors (Lipinski definition) is 1. The van der Waals surface area contributed by atoms with Crippen LogP contribution >= 0.6 is 0 Å². The highest BCUT2D eigenvalue weighted by atomic mass is 14.5. The van der Waals surface area contributed by atoms with E-state index < -0.39 is 0 Å². The first kappa shape index (κ1) is 28.0. The predicted octanol–water partition coefficient (Wildman–Crippen LogP) is 9.57. The van der Waals surface area contributed by atoms with Gasteiger partial charge in [-0.1, -0.05) is 155 Å². The number of rotatable bonds is 24. The van der Waals surface area contributed by atoms with E-state index in [4.69, 9.17) is 5.73 Å². The summed E-state index contributed by atoms with van der Waals surface area (Å²) in [6.45, 7) is 5.49. The SMILES string of the molecule is CCCCCCCCCCCCC(CCN)CCCCCCCCCCCC. The van der Waals surface area contributed by atoms with Crippen molar-refractivity contribution in [3.05, 3.63) is 0 Å². The van der Waals surface area contributed by atoms with Gasteiger partial charge in [0.05, 0.1) is 0 Å². The lowest BCUT2D eigenvalue weighted by molar-refractivity contribution is 0.384. The second-order valence-electron chi connectivity index (χ2n) is 9.38. The van der Waals surface area contributed by atoms with Gasteiger partial charge in [0.25, 0.3) is 0 Å². The lowest BCUT2D eigenvalue weighted by atomic mass is 9.91. The molecule has 0 aliphatic rings. The van der Waals surface area contributed by atoms with Crippen LogP contribution in [0.1, 0.15) is 162 Å². The van der Waals surface area contributed by atoms with Crippen molar-refractivity contribution in [2.45, 2.75) is 162 Å². The second kappa shape index (κ2) is 25.0. The average molecular weight is 396 g/mol. The van der Waals surface area contributed by atoms with E-state index in [0.29, 0.717) is 0 Å². The number of nitrogens with two attached hydrogens (primary N) is 1. The molecule has 0 unspecified atom stereocenters. The van der Waals surface area contributed by atoms with Crippen LogP contribution < -0.4 is 5.73 Å². The summed E-state index contributed by atoms with van der Waals surface area (Å²) in [5.74, 6) is 0.910. The van der Waals surface area contributed by atoms with Gasteiger partial charge in [0, 0.05) is 0 Å². The van der Waals surface area contributed by atoms with Crippen molar-refractivity contribution >= 4 is 0 Å². The van der Waals surface area contributed by atoms with E-state index in [9.17, 15) is 0 Å². The molecule has 0 saturated heterocycles. The minimum Gasteiger partial charge on any atom is -0.330 e. The molecule has 0 aromatic heterocycles. The molecule has 0 atom stereocenters. The molecular formula is C27H57N. The molecule has 0 spiro atoms. The molecule has 0 aliphatic heterocycles. The van der Waals surface area contributed by atoms with Gasteiger partial charge in [0.2, 0.25) is 0 Å². The third-order valence-corrected chi connectivity index (χ3v) is 6.51. The molecule has 170 valence electrons. The first-order chi connectivity index (χ1) is 13.8. The maximum atomic E-state index is 5.87. The van der Waals surface area contributed by atoms with Gasteiger partial charge in [0.15, 0.2) is 0 Å². The Morgan fingerprint density at radius 1 is 0.393 bits per heavy atom. The van der Waals surface area contributed by atoms with Crippen molar-refractivity contribution in [1.29, 1.82) is 0 Å². The lowest BCUT2D eigenvalue weighted by Crippen LogP contribution is -2.09. The summed E-state index contributed by atoms with van der Waals surface area (Å²) in [5, 5.41) is 0. The van der Waals surface area contributed by atoms with Gasteiger partial charge in [-0.05, 0) is 18.9 Å². The fraction of sp³-hybridized carbons (Fsp3) is 1.00. The smallest absolute Gasteiger partial charge is 0.00746 e. The van der Waals surface area contributed by atoms with Gasteiger partial charge in [-0.25, -0.2) is 0 Å². The van der Waals surface area contributed by atoms with Crippen LogP contribution in [-0.4, -0.2) is 6.54 Å². The van der Waals surface area contributed by atoms with E-state index in [2.05, 4.69) is 13.8 Å². The van der Waals surface area contributed by atoms with Crippen molar-refractivity contribution in [3.63, 3.8) is 0 Å². The van der Waals surface area contributed by atoms with Crippen LogP contribution in [-0.2, 0) is 0 Å². The summed E-state index contributed by atoms with van der Waals surface area (Å²) >= 11 is 0. The van der Waals surface area contributed by atoms with Crippen molar-refractivity contribution in [2.24, 2.45) is 11.7 Å². The largest absolute Gasteiger partial charge is 0.330 e. The average Bonchev–Trinajstić information content (AvgIpc) is 2.70. The van der Waals surface area contributed by atoms with Crippen molar-refractivity contribution < 1.29 is 0 Å². The summed E-state index contributed by atoms with van der Waals surface area (Å²) in [5.41, 5.74) is 5.87. The highest BCUT2D eigenvalue weighted by Crippen LogP contribution is 2.22. The van der Waals surface area contributed by atoms with Crippen molar-refractivity contribution in [1.82, 2.24) is 0 Å². The molecule has 2 N–H and O–H groups in total. The van der Waals surface area contributed by atoms with Crippen LogP contribution in [0.15, 0.2) is 0 Å². The molecule has 1 nitrogen and oxygen atoms in total. The van der Waals surface area contributed by atoms with Gasteiger partial charge in [-0.2, -0.15) is 0 Å². The Hall–Kier alpha value is -0.0400. The van der Waals surface area contributed by atoms with Crippen molar-refractivity contribution in [2.75, 3.05) is 6.54 Å². The molecule has 0 amide bonds. The Kier molecular flexibility index (Phi) is 25.0. The number of hydrogen-bond donors (Lipinski definition) is 1. The van der Waals surface area contributed by atoms with Crippen LogP contribution in [0, 0.1) is 5.92 Å². The zero-order valence-corrected chi connectivity index (χ0v) is 20.1. The Bertz CT molecular complexity index is 239. The fourth-order valence-electron chi connectivity index (χ4n) is 4.51. The van der Waals surface area contributed by atoms with Crippen LogP contribution in [0.5, 0.6) is 0 Å². The predicted molar refractivity (Wildman–Crippen MR) is 130 cm³/mol. The van der Waals surface area contributed by atoms with Gasteiger partial charge in [-0.3, -0.25) is 0 Å². The molecule has 0 aromatic carbocycles. The Morgan fingerprint density at radius 2 is 0.679 bits per heavy atom. The molecular weight excluding hydrogens is 338 g/mol. The van der Waals surface area contributed by atoms with E-state index in [-0.39, 0.29) is 0 Å². The van der Waals surface area contributed by atoms with Gasteiger partial charge < -0.3 is 5.73 Å². The Balaban J connectivity index is 3.41. The molecule has 1 heteroatoms. The third-order valence-electron chi connectivity index (χ3n) is 6.51. The van der Waals surface area contributed by atoms with E-state index in [1.165, 1.54) is 148 Å². The maximum Gasteiger partial charge on any atom is -0.00746 e. The summed E-state index contributed by atoms with van der Waals surface area (Å²) < 4.78 is 0. The first-order valence-corrected chi connectivity index (χ1v) is 13.5. The normalized spacial score (nSPS) is 11.6. The molecule has 0 heterocycles. The standard InChI is InChI=1S/C27H57N/c1-3-5-7-9-11-13-15-17-19-21-23-27(25-26-28)24-22-20-18-16-14-12-10-8-6-4-2/h27H,3-26,28H2,1-2H3. The van der Waals surface area contributed by atoms with Crippen LogP contribution in [0.4, 0.5) is 0 Å². The fourth-order valence-corrected chi connectivity index (χ4v) is 4.51. The van der Waals surface area contributed by atoms with E-state index in [0.717, 1.165) is 12.5 Å². The van der Waals surface area contributed by atoms with E-state index in [1.54, 1.807) is 0 Å². The minimum atomic E-state index is 0.889. The molecule has 0 aromatic rings. The summed E-state index contributed by atoms with van der Waals surface area (Å²) in [7, 11) is 0. The molecule has 0 saturated carbocycles. The third kappa shape index (κ3) is 22.3. The summed E-state index contributed by atoms with van der Waals surface area (Å²) in [6, 6.07) is 0. The first-order valence-electron chi connectivity index (χ1n) is 13.5. The van der Waals surface area contributed by atoms with Crippen molar-refractivity contribution in [3.8, 4) is 0 Å². The second-order valence-corrected chi connectivity index (χ2v) is 9.38. The van der Waals surface area contributed by atoms with Gasteiger partial charge >= 0.3 is 0 Å². The molecule has 28 heavy (non-hydrogen) atoms. The molecule has 0 aliphatic carbocycles. The van der Waals surface area contributed by atoms with E-state index >= 15 is 0 Å². The van der Waals surface area contributed by atoms with Gasteiger partial charge in [0.1, 0.15) is 0 Å². The minimum absolute atomic E-state index is 0.889. The molecule has 0 bridgehead atoms. The quantitative estimate of drug-likeness (QED) is 0.162. The lowest BCUT2D eigenvalue weighted by Gasteiger charge is -2.16. The summed E-state index contributed by atoms with van der Waals surface area (Å²) in [4.78, 5) is 0. The van der Waals surface area contributed by atoms with Crippen LogP contribution in [0.3, 0.4) is 0 Å². The Labute approximate surface area is 180 Å². The zero-order chi connectivity index (χ0) is 20.5. The summed E-state index contributed by atoms with van der Waals surface area (Å²) in [6.07, 6.45) is 33.1. The highest BCUT2D eigenvalue weighted by Gasteiger charge is 2.07. The van der Waals surface area contributed by atoms with E-state index in [1.807, 2.05) is 0 Å². The molecule has 0 radical (unpaired) electrons. The molecule has 0 fully saturated rings. The molecule has 0 rings (SSSR count). The topological polar surface area (TPSA) is 26.0 Å². The van der Waals surface area contributed by atoms with Crippen LogP contribution in [0.2, 0.25) is 0 Å². The zero-order valence-electron chi connectivity index (χ0n) is 20.1. The Morgan fingerprint density at radius 3 is 0.964 bits per heavy atom. The highest BCUT2D eigenvalue weighted by molar-refractivity contribution is 4.62.